The van der Waals surface area contributed by atoms with E-state index in [-0.39, 0.29) is 10.7 Å². The second-order valence-electron chi connectivity index (χ2n) is 8.71. The molecule has 190 valence electrons. The number of benzene rings is 2. The number of carbonyl (C=O) groups excluding carboxylic acids is 1. The maximum absolute atomic E-state index is 13.3. The zero-order chi connectivity index (χ0) is 26.6. The molecule has 0 atom stereocenters. The Morgan fingerprint density at radius 3 is 2.30 bits per heavy atom. The van der Waals surface area contributed by atoms with E-state index >= 15 is 0 Å². The summed E-state index contributed by atoms with van der Waals surface area (Å²) in [6, 6.07) is 21.0. The Morgan fingerprint density at radius 1 is 0.973 bits per heavy atom. The molecule has 2 aromatic heterocycles. The number of amides is 1. The Bertz CT molecular complexity index is 1530. The monoisotopic (exact) mass is 515 g/mol. The number of carbonyl (C=O) groups is 1. The van der Waals surface area contributed by atoms with Crippen molar-refractivity contribution in [1.29, 1.82) is 0 Å². The molecule has 9 heteroatoms. The number of hydrazone groups is 1. The lowest BCUT2D eigenvalue weighted by Gasteiger charge is -2.22. The first-order chi connectivity index (χ1) is 17.7. The molecule has 37 heavy (non-hydrogen) atoms. The molecule has 0 fully saturated rings. The van der Waals surface area contributed by atoms with Gasteiger partial charge in [-0.2, -0.15) is 5.10 Å². The molecular formula is C28H29N5O3S. The Kier molecular flexibility index (Phi) is 7.54. The molecule has 4 rings (SSSR count). The van der Waals surface area contributed by atoms with Crippen LogP contribution in [0, 0.1) is 27.7 Å². The van der Waals surface area contributed by atoms with Gasteiger partial charge in [0.05, 0.1) is 16.8 Å². The summed E-state index contributed by atoms with van der Waals surface area (Å²) in [6.07, 6.45) is 3.05. The lowest BCUT2D eigenvalue weighted by atomic mass is 10.1. The highest BCUT2D eigenvalue weighted by atomic mass is 32.2. The molecule has 8 nitrogen and oxygen atoms in total. The predicted molar refractivity (Wildman–Crippen MR) is 146 cm³/mol. The summed E-state index contributed by atoms with van der Waals surface area (Å²) in [5.41, 5.74) is 8.77. The maximum Gasteiger partial charge on any atom is 0.265 e. The molecule has 0 aliphatic rings. The average Bonchev–Trinajstić information content (AvgIpc) is 3.16. The summed E-state index contributed by atoms with van der Waals surface area (Å²) in [5, 5.41) is 4.12. The predicted octanol–water partition coefficient (Wildman–Crippen LogP) is 4.45. The number of aryl methyl sites for hydroxylation is 3. The van der Waals surface area contributed by atoms with Crippen LogP contribution < -0.4 is 9.73 Å². The Balaban J connectivity index is 1.55. The lowest BCUT2D eigenvalue weighted by Crippen LogP contribution is -2.40. The third-order valence-electron chi connectivity index (χ3n) is 6.05. The Morgan fingerprint density at radius 2 is 1.65 bits per heavy atom. The molecule has 0 aliphatic carbocycles. The van der Waals surface area contributed by atoms with E-state index in [0.717, 1.165) is 38.1 Å². The standard InChI is InChI=1S/C28H29N5O3S/c1-20-11-10-12-21(2)28(20)33-22(3)17-24(23(33)4)18-30-31-27(34)19-32(26-15-8-9-16-29-26)37(35,36)25-13-6-5-7-14-25/h5-18H,19H2,1-4H3,(H,31,34)/b30-18+. The van der Waals surface area contributed by atoms with E-state index < -0.39 is 22.5 Å². The molecule has 2 aromatic carbocycles. The van der Waals surface area contributed by atoms with Gasteiger partial charge in [0.15, 0.2) is 0 Å². The molecule has 0 spiro atoms. The molecule has 2 heterocycles. The van der Waals surface area contributed by atoms with E-state index in [4.69, 9.17) is 0 Å². The SMILES string of the molecule is Cc1cccc(C)c1-n1c(C)cc(/C=N/NC(=O)CN(c2ccccn2)S(=O)(=O)c2ccccc2)c1C. The molecule has 0 saturated heterocycles. The third kappa shape index (κ3) is 5.46. The number of hydrogen-bond acceptors (Lipinski definition) is 5. The fourth-order valence-electron chi connectivity index (χ4n) is 4.27. The second-order valence-corrected chi connectivity index (χ2v) is 10.6. The molecule has 0 unspecified atom stereocenters. The number of nitrogens with one attached hydrogen (secondary N) is 1. The van der Waals surface area contributed by atoms with Crippen LogP contribution in [0.2, 0.25) is 0 Å². The normalized spacial score (nSPS) is 11.6. The van der Waals surface area contributed by atoms with Gasteiger partial charge in [-0.1, -0.05) is 42.5 Å². The van der Waals surface area contributed by atoms with E-state index in [1.165, 1.54) is 18.3 Å². The lowest BCUT2D eigenvalue weighted by molar-refractivity contribution is -0.119. The van der Waals surface area contributed by atoms with Crippen LogP contribution in [0.1, 0.15) is 28.1 Å². The molecule has 1 amide bonds. The fourth-order valence-corrected chi connectivity index (χ4v) is 5.67. The summed E-state index contributed by atoms with van der Waals surface area (Å²) in [4.78, 5) is 17.0. The van der Waals surface area contributed by atoms with Crippen molar-refractivity contribution in [3.63, 3.8) is 0 Å². The number of aromatic nitrogens is 2. The number of pyridine rings is 1. The van der Waals surface area contributed by atoms with Crippen molar-refractivity contribution in [3.05, 3.63) is 107 Å². The van der Waals surface area contributed by atoms with E-state index in [2.05, 4.69) is 46.1 Å². The van der Waals surface area contributed by atoms with E-state index in [9.17, 15) is 13.2 Å². The highest BCUT2D eigenvalue weighted by Gasteiger charge is 2.27. The van der Waals surface area contributed by atoms with E-state index in [1.54, 1.807) is 42.6 Å². The number of sulfonamides is 1. The van der Waals surface area contributed by atoms with Gasteiger partial charge >= 0.3 is 0 Å². The Labute approximate surface area is 217 Å². The molecule has 0 bridgehead atoms. The van der Waals surface area contributed by atoms with Gasteiger partial charge in [0.1, 0.15) is 12.4 Å². The maximum atomic E-state index is 13.3. The summed E-state index contributed by atoms with van der Waals surface area (Å²) >= 11 is 0. The summed E-state index contributed by atoms with van der Waals surface area (Å²) in [5.74, 6) is -0.451. The minimum Gasteiger partial charge on any atom is -0.317 e. The van der Waals surface area contributed by atoms with E-state index in [1.807, 2.05) is 26.0 Å². The molecule has 0 saturated carbocycles. The first kappa shape index (κ1) is 25.8. The third-order valence-corrected chi connectivity index (χ3v) is 7.81. The zero-order valence-corrected chi connectivity index (χ0v) is 22.0. The van der Waals surface area contributed by atoms with Crippen LogP contribution in [0.5, 0.6) is 0 Å². The topological polar surface area (TPSA) is 96.7 Å². The number of rotatable bonds is 8. The largest absolute Gasteiger partial charge is 0.317 e. The van der Waals surface area contributed by atoms with Crippen LogP contribution in [0.3, 0.4) is 0 Å². The van der Waals surface area contributed by atoms with E-state index in [0.29, 0.717) is 0 Å². The molecule has 4 aromatic rings. The minimum absolute atomic E-state index is 0.0656. The van der Waals surface area contributed by atoms with Crippen LogP contribution in [0.25, 0.3) is 5.69 Å². The van der Waals surface area contributed by atoms with Crippen molar-refractivity contribution in [3.8, 4) is 5.69 Å². The smallest absolute Gasteiger partial charge is 0.265 e. The van der Waals surface area contributed by atoms with Gasteiger partial charge in [-0.25, -0.2) is 23.1 Å². The van der Waals surface area contributed by atoms with Crippen LogP contribution >= 0.6 is 0 Å². The molecule has 0 aliphatic heterocycles. The Hall–Kier alpha value is -4.24. The highest BCUT2D eigenvalue weighted by Crippen LogP contribution is 2.25. The van der Waals surface area contributed by atoms with Crippen LogP contribution in [0.15, 0.2) is 89.0 Å². The van der Waals surface area contributed by atoms with Crippen molar-refractivity contribution in [2.75, 3.05) is 10.8 Å². The van der Waals surface area contributed by atoms with Crippen molar-refractivity contribution < 1.29 is 13.2 Å². The van der Waals surface area contributed by atoms with Crippen molar-refractivity contribution >= 4 is 28.0 Å². The van der Waals surface area contributed by atoms with Gasteiger partial charge in [0.2, 0.25) is 0 Å². The van der Waals surface area contributed by atoms with Gasteiger partial charge in [-0.15, -0.1) is 0 Å². The van der Waals surface area contributed by atoms with Crippen molar-refractivity contribution in [1.82, 2.24) is 15.0 Å². The molecule has 0 radical (unpaired) electrons. The first-order valence-corrected chi connectivity index (χ1v) is 13.2. The summed E-state index contributed by atoms with van der Waals surface area (Å²) in [6.45, 7) is 7.69. The summed E-state index contributed by atoms with van der Waals surface area (Å²) in [7, 11) is -4.02. The number of para-hydroxylation sites is 1. The van der Waals surface area contributed by atoms with Gasteiger partial charge in [0.25, 0.3) is 15.9 Å². The second kappa shape index (κ2) is 10.8. The van der Waals surface area contributed by atoms with Crippen LogP contribution in [-0.2, 0) is 14.8 Å². The van der Waals surface area contributed by atoms with Crippen LogP contribution in [0.4, 0.5) is 5.82 Å². The summed E-state index contributed by atoms with van der Waals surface area (Å²) < 4.78 is 29.7. The fraction of sp³-hybridized carbons (Fsp3) is 0.179. The van der Waals surface area contributed by atoms with Gasteiger partial charge in [-0.3, -0.25) is 4.79 Å². The number of nitrogens with zero attached hydrogens (tertiary/aromatic N) is 4. The molecular weight excluding hydrogens is 486 g/mol. The number of hydrogen-bond donors (Lipinski definition) is 1. The quantitative estimate of drug-likeness (QED) is 0.277. The van der Waals surface area contributed by atoms with Crippen LogP contribution in [-0.4, -0.2) is 36.6 Å². The molecule has 1 N–H and O–H groups in total. The minimum atomic E-state index is -4.02. The highest BCUT2D eigenvalue weighted by molar-refractivity contribution is 7.92. The average molecular weight is 516 g/mol. The van der Waals surface area contributed by atoms with Gasteiger partial charge in [-0.05, 0) is 69.2 Å². The number of anilines is 1. The van der Waals surface area contributed by atoms with Gasteiger partial charge < -0.3 is 4.57 Å². The van der Waals surface area contributed by atoms with Crippen molar-refractivity contribution in [2.24, 2.45) is 5.10 Å². The van der Waals surface area contributed by atoms with Gasteiger partial charge in [0, 0.05) is 23.1 Å². The van der Waals surface area contributed by atoms with Crippen molar-refractivity contribution in [2.45, 2.75) is 32.6 Å². The first-order valence-electron chi connectivity index (χ1n) is 11.8. The zero-order valence-electron chi connectivity index (χ0n) is 21.2.